The van der Waals surface area contributed by atoms with Gasteiger partial charge in [0, 0.05) is 23.2 Å². The Morgan fingerprint density at radius 3 is 2.68 bits per heavy atom. The van der Waals surface area contributed by atoms with E-state index in [9.17, 15) is 0 Å². The van der Waals surface area contributed by atoms with E-state index < -0.39 is 0 Å². The van der Waals surface area contributed by atoms with E-state index in [0.717, 1.165) is 48.6 Å². The van der Waals surface area contributed by atoms with Crippen LogP contribution in [0.15, 0.2) is 52.7 Å². The van der Waals surface area contributed by atoms with Gasteiger partial charge in [-0.1, -0.05) is 41.9 Å². The van der Waals surface area contributed by atoms with Gasteiger partial charge in [0.2, 0.25) is 5.95 Å². The number of rotatable bonds is 4. The molecule has 0 saturated carbocycles. The van der Waals surface area contributed by atoms with Gasteiger partial charge < -0.3 is 10.6 Å². The van der Waals surface area contributed by atoms with Gasteiger partial charge in [0.1, 0.15) is 10.9 Å². The fourth-order valence-electron chi connectivity index (χ4n) is 4.21. The van der Waals surface area contributed by atoms with Crippen LogP contribution in [0.2, 0.25) is 5.02 Å². The monoisotopic (exact) mass is 433 g/mol. The van der Waals surface area contributed by atoms with E-state index in [1.165, 1.54) is 10.9 Å². The quantitative estimate of drug-likeness (QED) is 0.545. The molecule has 158 valence electrons. The SMILES string of the molecule is CC1=NNC(=Nc2nc(Nc3ccc(C4CCNCC4)c4ccccc34)ncc2Cl)C1. The summed E-state index contributed by atoms with van der Waals surface area (Å²) < 4.78 is 0. The number of hydrogen-bond donors (Lipinski definition) is 3. The number of amidine groups is 1. The first kappa shape index (κ1) is 19.9. The van der Waals surface area contributed by atoms with E-state index in [1.54, 1.807) is 6.20 Å². The van der Waals surface area contributed by atoms with Crippen molar-refractivity contribution in [1.82, 2.24) is 20.7 Å². The van der Waals surface area contributed by atoms with E-state index in [-0.39, 0.29) is 0 Å². The van der Waals surface area contributed by atoms with Gasteiger partial charge in [0.15, 0.2) is 5.82 Å². The Morgan fingerprint density at radius 2 is 1.90 bits per heavy atom. The molecule has 1 fully saturated rings. The number of hydrazone groups is 1. The molecule has 2 aliphatic rings. The lowest BCUT2D eigenvalue weighted by Crippen LogP contribution is -2.26. The molecular weight excluding hydrogens is 410 g/mol. The second kappa shape index (κ2) is 8.61. The predicted octanol–water partition coefficient (Wildman–Crippen LogP) is 4.89. The number of benzene rings is 2. The summed E-state index contributed by atoms with van der Waals surface area (Å²) >= 11 is 6.29. The van der Waals surface area contributed by atoms with Crippen LogP contribution in [0.4, 0.5) is 17.5 Å². The molecule has 7 nitrogen and oxygen atoms in total. The van der Waals surface area contributed by atoms with Crippen molar-refractivity contribution >= 4 is 51.4 Å². The van der Waals surface area contributed by atoms with Crippen LogP contribution < -0.4 is 16.1 Å². The molecule has 0 aliphatic carbocycles. The Kier molecular flexibility index (Phi) is 5.53. The summed E-state index contributed by atoms with van der Waals surface area (Å²) in [5.41, 5.74) is 6.26. The van der Waals surface area contributed by atoms with Crippen LogP contribution in [-0.2, 0) is 0 Å². The third-order valence-electron chi connectivity index (χ3n) is 5.75. The Labute approximate surface area is 186 Å². The van der Waals surface area contributed by atoms with Crippen molar-refractivity contribution in [1.29, 1.82) is 0 Å². The minimum Gasteiger partial charge on any atom is -0.324 e. The molecule has 1 aromatic heterocycles. The van der Waals surface area contributed by atoms with E-state index >= 15 is 0 Å². The van der Waals surface area contributed by atoms with Crippen LogP contribution in [0, 0.1) is 0 Å². The van der Waals surface area contributed by atoms with Crippen molar-refractivity contribution in [2.75, 3.05) is 18.4 Å². The summed E-state index contributed by atoms with van der Waals surface area (Å²) in [6.07, 6.45) is 4.56. The summed E-state index contributed by atoms with van der Waals surface area (Å²) in [6.45, 7) is 4.09. The van der Waals surface area contributed by atoms with Crippen LogP contribution >= 0.6 is 11.6 Å². The lowest BCUT2D eigenvalue weighted by molar-refractivity contribution is 0.462. The van der Waals surface area contributed by atoms with E-state index in [0.29, 0.717) is 29.1 Å². The van der Waals surface area contributed by atoms with Crippen LogP contribution in [0.1, 0.15) is 37.7 Å². The normalized spacial score (nSPS) is 18.3. The average Bonchev–Trinajstić information content (AvgIpc) is 3.21. The fourth-order valence-corrected chi connectivity index (χ4v) is 4.34. The molecule has 3 aromatic rings. The highest BCUT2D eigenvalue weighted by atomic mass is 35.5. The van der Waals surface area contributed by atoms with Gasteiger partial charge in [-0.05, 0) is 55.8 Å². The lowest BCUT2D eigenvalue weighted by Gasteiger charge is -2.25. The van der Waals surface area contributed by atoms with E-state index in [2.05, 4.69) is 72.5 Å². The van der Waals surface area contributed by atoms with Crippen molar-refractivity contribution in [2.45, 2.75) is 32.1 Å². The molecule has 2 aromatic carbocycles. The van der Waals surface area contributed by atoms with Crippen molar-refractivity contribution in [3.8, 4) is 0 Å². The zero-order valence-corrected chi connectivity index (χ0v) is 18.1. The maximum atomic E-state index is 6.29. The molecule has 0 radical (unpaired) electrons. The third-order valence-corrected chi connectivity index (χ3v) is 6.02. The van der Waals surface area contributed by atoms with Gasteiger partial charge in [0.05, 0.1) is 6.20 Å². The molecule has 0 bridgehead atoms. The molecule has 0 spiro atoms. The minimum absolute atomic E-state index is 0.399. The minimum atomic E-state index is 0.399. The second-order valence-electron chi connectivity index (χ2n) is 7.96. The highest BCUT2D eigenvalue weighted by Gasteiger charge is 2.19. The van der Waals surface area contributed by atoms with E-state index in [4.69, 9.17) is 11.6 Å². The molecule has 3 heterocycles. The van der Waals surface area contributed by atoms with Gasteiger partial charge in [-0.3, -0.25) is 5.43 Å². The maximum absolute atomic E-state index is 6.29. The van der Waals surface area contributed by atoms with Crippen LogP contribution in [0.25, 0.3) is 10.8 Å². The fraction of sp³-hybridized carbons (Fsp3) is 0.304. The molecular formula is C23H24ClN7. The Bertz CT molecular complexity index is 1180. The third kappa shape index (κ3) is 4.24. The van der Waals surface area contributed by atoms with Crippen LogP contribution in [-0.4, -0.2) is 34.6 Å². The molecule has 0 atom stereocenters. The summed E-state index contributed by atoms with van der Waals surface area (Å²) in [4.78, 5) is 13.4. The molecule has 5 rings (SSSR count). The number of nitrogens with one attached hydrogen (secondary N) is 3. The first-order valence-electron chi connectivity index (χ1n) is 10.6. The number of halogens is 1. The van der Waals surface area contributed by atoms with Crippen LogP contribution in [0.3, 0.4) is 0 Å². The second-order valence-corrected chi connectivity index (χ2v) is 8.36. The highest BCUT2D eigenvalue weighted by molar-refractivity contribution is 6.32. The average molecular weight is 434 g/mol. The summed E-state index contributed by atoms with van der Waals surface area (Å²) in [5, 5.41) is 13.8. The zero-order valence-electron chi connectivity index (χ0n) is 17.3. The molecule has 3 N–H and O–H groups in total. The first-order chi connectivity index (χ1) is 15.2. The van der Waals surface area contributed by atoms with Crippen molar-refractivity contribution in [3.63, 3.8) is 0 Å². The Hall–Kier alpha value is -3.03. The van der Waals surface area contributed by atoms with Crippen LogP contribution in [0.5, 0.6) is 0 Å². The number of aliphatic imine (C=N–C) groups is 1. The molecule has 31 heavy (non-hydrogen) atoms. The predicted molar refractivity (Wildman–Crippen MR) is 127 cm³/mol. The zero-order chi connectivity index (χ0) is 21.2. The number of fused-ring (bicyclic) bond motifs is 1. The molecule has 0 unspecified atom stereocenters. The maximum Gasteiger partial charge on any atom is 0.229 e. The smallest absolute Gasteiger partial charge is 0.229 e. The topological polar surface area (TPSA) is 86.6 Å². The lowest BCUT2D eigenvalue weighted by atomic mass is 9.86. The first-order valence-corrected chi connectivity index (χ1v) is 10.9. The summed E-state index contributed by atoms with van der Waals surface area (Å²) in [5.74, 6) is 2.18. The molecule has 0 amide bonds. The van der Waals surface area contributed by atoms with Gasteiger partial charge in [-0.2, -0.15) is 10.1 Å². The number of piperidine rings is 1. The van der Waals surface area contributed by atoms with Gasteiger partial charge >= 0.3 is 0 Å². The summed E-state index contributed by atoms with van der Waals surface area (Å²) in [6, 6.07) is 12.9. The van der Waals surface area contributed by atoms with Crippen molar-refractivity contribution in [2.24, 2.45) is 10.1 Å². The van der Waals surface area contributed by atoms with Gasteiger partial charge in [0.25, 0.3) is 0 Å². The number of hydrogen-bond acceptors (Lipinski definition) is 6. The van der Waals surface area contributed by atoms with Gasteiger partial charge in [-0.15, -0.1) is 0 Å². The van der Waals surface area contributed by atoms with Gasteiger partial charge in [-0.25, -0.2) is 9.98 Å². The largest absolute Gasteiger partial charge is 0.324 e. The Morgan fingerprint density at radius 1 is 1.10 bits per heavy atom. The number of anilines is 2. The van der Waals surface area contributed by atoms with Crippen molar-refractivity contribution < 1.29 is 0 Å². The number of nitrogens with zero attached hydrogens (tertiary/aromatic N) is 4. The standard InChI is InChI=1S/C23H24ClN7/c1-14-12-21(31-30-14)28-22-19(24)13-26-23(29-22)27-20-7-6-16(15-8-10-25-11-9-15)17-4-2-3-5-18(17)20/h2-7,13,15,25H,8-12H2,1H3,(H2,26,27,28,29,31). The van der Waals surface area contributed by atoms with Crippen molar-refractivity contribution in [3.05, 3.63) is 53.2 Å². The summed E-state index contributed by atoms with van der Waals surface area (Å²) in [7, 11) is 0. The molecule has 1 saturated heterocycles. The number of aromatic nitrogens is 2. The highest BCUT2D eigenvalue weighted by Crippen LogP contribution is 2.36. The Balaban J connectivity index is 1.46. The molecule has 2 aliphatic heterocycles. The van der Waals surface area contributed by atoms with E-state index in [1.807, 2.05) is 6.92 Å². The molecule has 8 heteroatoms.